The molecule has 1 fully saturated rings. The first-order valence-electron chi connectivity index (χ1n) is 6.47. The predicted octanol–water partition coefficient (Wildman–Crippen LogP) is 0.310. The normalized spacial score (nSPS) is 24.6. The minimum atomic E-state index is -3.72. The molecule has 0 aromatic rings. The first-order valence-corrected chi connectivity index (χ1v) is 7.98. The van der Waals surface area contributed by atoms with Crippen LogP contribution in [0, 0.1) is 11.8 Å². The Morgan fingerprint density at radius 1 is 1.40 bits per heavy atom. The summed E-state index contributed by atoms with van der Waals surface area (Å²) in [5.74, 6) is -3.03. The zero-order valence-corrected chi connectivity index (χ0v) is 12.7. The van der Waals surface area contributed by atoms with Gasteiger partial charge in [-0.2, -0.15) is 0 Å². The molecule has 0 spiro atoms. The molecular weight excluding hydrogens is 286 g/mol. The number of sulfonamides is 1. The van der Waals surface area contributed by atoms with Gasteiger partial charge in [0, 0.05) is 13.6 Å². The molecule has 1 N–H and O–H groups in total. The van der Waals surface area contributed by atoms with E-state index in [0.717, 1.165) is 4.31 Å². The maximum atomic E-state index is 12.4. The van der Waals surface area contributed by atoms with Crippen molar-refractivity contribution in [2.24, 2.45) is 11.8 Å². The van der Waals surface area contributed by atoms with Crippen LogP contribution in [0.1, 0.15) is 26.2 Å². The lowest BCUT2D eigenvalue weighted by molar-refractivity contribution is -0.145. The fraction of sp³-hybridized carbons (Fsp3) is 0.833. The molecule has 0 aromatic carbocycles. The number of carbonyl (C=O) groups is 2. The SMILES string of the molecule is COC(=O)C(C)CN(C)S(=O)(=O)C1CCCC1C(=O)O. The van der Waals surface area contributed by atoms with Crippen LogP contribution < -0.4 is 0 Å². The fourth-order valence-corrected chi connectivity index (χ4v) is 4.59. The third kappa shape index (κ3) is 3.49. The van der Waals surface area contributed by atoms with Crippen LogP contribution in [0.5, 0.6) is 0 Å². The van der Waals surface area contributed by atoms with Crippen molar-refractivity contribution < 1.29 is 27.9 Å². The molecule has 0 heterocycles. The average Bonchev–Trinajstić information content (AvgIpc) is 2.87. The minimum absolute atomic E-state index is 0.0160. The Kier molecular flexibility index (Phi) is 5.52. The van der Waals surface area contributed by atoms with Gasteiger partial charge in [-0.1, -0.05) is 13.3 Å². The van der Waals surface area contributed by atoms with Crippen LogP contribution >= 0.6 is 0 Å². The summed E-state index contributed by atoms with van der Waals surface area (Å²) in [7, 11) is -1.12. The Bertz CT molecular complexity index is 474. The summed E-state index contributed by atoms with van der Waals surface area (Å²) in [6.45, 7) is 1.55. The number of carboxylic acid groups (broad SMARTS) is 1. The van der Waals surface area contributed by atoms with Gasteiger partial charge in [-0.05, 0) is 12.8 Å². The van der Waals surface area contributed by atoms with Crippen molar-refractivity contribution in [2.75, 3.05) is 20.7 Å². The van der Waals surface area contributed by atoms with Gasteiger partial charge in [0.15, 0.2) is 0 Å². The molecule has 0 aromatic heterocycles. The second-order valence-electron chi connectivity index (χ2n) is 5.16. The predicted molar refractivity (Wildman–Crippen MR) is 71.5 cm³/mol. The second-order valence-corrected chi connectivity index (χ2v) is 7.42. The van der Waals surface area contributed by atoms with E-state index in [-0.39, 0.29) is 6.54 Å². The van der Waals surface area contributed by atoms with Gasteiger partial charge in [-0.25, -0.2) is 12.7 Å². The molecule has 0 bridgehead atoms. The topological polar surface area (TPSA) is 101 Å². The largest absolute Gasteiger partial charge is 0.481 e. The van der Waals surface area contributed by atoms with Crippen molar-refractivity contribution in [1.82, 2.24) is 4.31 Å². The van der Waals surface area contributed by atoms with E-state index < -0.39 is 39.0 Å². The monoisotopic (exact) mass is 307 g/mol. The van der Waals surface area contributed by atoms with Gasteiger partial charge in [0.25, 0.3) is 0 Å². The summed E-state index contributed by atoms with van der Waals surface area (Å²) in [5.41, 5.74) is 0. The van der Waals surface area contributed by atoms with Crippen LogP contribution in [0.2, 0.25) is 0 Å². The van der Waals surface area contributed by atoms with Gasteiger partial charge in [0.05, 0.1) is 24.2 Å². The third-order valence-corrected chi connectivity index (χ3v) is 6.07. The summed E-state index contributed by atoms with van der Waals surface area (Å²) >= 11 is 0. The molecule has 1 rings (SSSR count). The van der Waals surface area contributed by atoms with Crippen molar-refractivity contribution >= 4 is 22.0 Å². The zero-order chi connectivity index (χ0) is 15.5. The highest BCUT2D eigenvalue weighted by atomic mass is 32.2. The first kappa shape index (κ1) is 16.9. The third-order valence-electron chi connectivity index (χ3n) is 3.72. The Balaban J connectivity index is 2.82. The standard InChI is InChI=1S/C12H21NO6S/c1-8(12(16)19-3)7-13(2)20(17,18)10-6-4-5-9(10)11(14)15/h8-10H,4-7H2,1-3H3,(H,14,15). The van der Waals surface area contributed by atoms with Crippen molar-refractivity contribution in [2.45, 2.75) is 31.4 Å². The molecule has 1 aliphatic carbocycles. The summed E-state index contributed by atoms with van der Waals surface area (Å²) in [4.78, 5) is 22.4. The second kappa shape index (κ2) is 6.53. The quantitative estimate of drug-likeness (QED) is 0.709. The molecule has 1 aliphatic rings. The molecule has 0 saturated heterocycles. The highest BCUT2D eigenvalue weighted by Crippen LogP contribution is 2.33. The van der Waals surface area contributed by atoms with Crippen LogP contribution in [0.4, 0.5) is 0 Å². The lowest BCUT2D eigenvalue weighted by Gasteiger charge is -2.25. The molecule has 3 atom stereocenters. The molecular formula is C12H21NO6S. The van der Waals surface area contributed by atoms with Crippen molar-refractivity contribution in [3.05, 3.63) is 0 Å². The van der Waals surface area contributed by atoms with E-state index in [1.807, 2.05) is 0 Å². The number of hydrogen-bond acceptors (Lipinski definition) is 5. The molecule has 20 heavy (non-hydrogen) atoms. The molecule has 0 aliphatic heterocycles. The zero-order valence-electron chi connectivity index (χ0n) is 11.9. The van der Waals surface area contributed by atoms with Gasteiger partial charge < -0.3 is 9.84 Å². The van der Waals surface area contributed by atoms with Crippen LogP contribution in [0.25, 0.3) is 0 Å². The summed E-state index contributed by atoms with van der Waals surface area (Å²) in [5, 5.41) is 8.17. The number of nitrogens with zero attached hydrogens (tertiary/aromatic N) is 1. The summed E-state index contributed by atoms with van der Waals surface area (Å²) < 4.78 is 30.4. The molecule has 3 unspecified atom stereocenters. The number of methoxy groups -OCH3 is 1. The van der Waals surface area contributed by atoms with Crippen LogP contribution in [-0.2, 0) is 24.3 Å². The molecule has 8 heteroatoms. The van der Waals surface area contributed by atoms with E-state index in [1.165, 1.54) is 14.2 Å². The Labute approximate surface area is 118 Å². The smallest absolute Gasteiger partial charge is 0.309 e. The number of ether oxygens (including phenoxy) is 1. The maximum Gasteiger partial charge on any atom is 0.309 e. The van der Waals surface area contributed by atoms with E-state index in [0.29, 0.717) is 19.3 Å². The minimum Gasteiger partial charge on any atom is -0.481 e. The van der Waals surface area contributed by atoms with E-state index in [1.54, 1.807) is 6.92 Å². The van der Waals surface area contributed by atoms with Gasteiger partial charge >= 0.3 is 11.9 Å². The van der Waals surface area contributed by atoms with E-state index >= 15 is 0 Å². The van der Waals surface area contributed by atoms with Gasteiger partial charge in [0.2, 0.25) is 10.0 Å². The van der Waals surface area contributed by atoms with E-state index in [9.17, 15) is 18.0 Å². The Morgan fingerprint density at radius 3 is 2.50 bits per heavy atom. The van der Waals surface area contributed by atoms with E-state index in [4.69, 9.17) is 5.11 Å². The van der Waals surface area contributed by atoms with Crippen LogP contribution in [-0.4, -0.2) is 55.7 Å². The molecule has 0 radical (unpaired) electrons. The number of esters is 1. The molecule has 0 amide bonds. The highest BCUT2D eigenvalue weighted by molar-refractivity contribution is 7.89. The molecule has 7 nitrogen and oxygen atoms in total. The first-order chi connectivity index (χ1) is 9.21. The fourth-order valence-electron chi connectivity index (χ4n) is 2.56. The highest BCUT2D eigenvalue weighted by Gasteiger charge is 2.43. The van der Waals surface area contributed by atoms with Crippen molar-refractivity contribution in [3.63, 3.8) is 0 Å². The van der Waals surface area contributed by atoms with Crippen LogP contribution in [0.3, 0.4) is 0 Å². The lowest BCUT2D eigenvalue weighted by atomic mass is 10.1. The lowest BCUT2D eigenvalue weighted by Crippen LogP contribution is -2.42. The maximum absolute atomic E-state index is 12.4. The van der Waals surface area contributed by atoms with Gasteiger partial charge in [0.1, 0.15) is 0 Å². The van der Waals surface area contributed by atoms with Gasteiger partial charge in [-0.3, -0.25) is 9.59 Å². The van der Waals surface area contributed by atoms with E-state index in [2.05, 4.69) is 4.74 Å². The number of rotatable bonds is 6. The van der Waals surface area contributed by atoms with Crippen molar-refractivity contribution in [3.8, 4) is 0 Å². The Hall–Kier alpha value is -1.15. The number of carboxylic acids is 1. The van der Waals surface area contributed by atoms with Crippen molar-refractivity contribution in [1.29, 1.82) is 0 Å². The number of carbonyl (C=O) groups excluding carboxylic acids is 1. The molecule has 1 saturated carbocycles. The van der Waals surface area contributed by atoms with Gasteiger partial charge in [-0.15, -0.1) is 0 Å². The summed E-state index contributed by atoms with van der Waals surface area (Å²) in [6, 6.07) is 0. The van der Waals surface area contributed by atoms with Crippen LogP contribution in [0.15, 0.2) is 0 Å². The number of aliphatic carboxylic acids is 1. The average molecular weight is 307 g/mol. The molecule has 116 valence electrons. The number of hydrogen-bond donors (Lipinski definition) is 1. The summed E-state index contributed by atoms with van der Waals surface area (Å²) in [6.07, 6.45) is 1.30. The Morgan fingerprint density at radius 2 is 2.00 bits per heavy atom.